The SMILES string of the molecule is COc1ccccc1NCc1nc(C)cs1. The number of anilines is 1. The molecule has 0 aliphatic carbocycles. The third-order valence-electron chi connectivity index (χ3n) is 2.20. The van der Waals surface area contributed by atoms with Crippen molar-refractivity contribution in [1.29, 1.82) is 0 Å². The predicted molar refractivity (Wildman–Crippen MR) is 67.2 cm³/mol. The van der Waals surface area contributed by atoms with E-state index in [0.29, 0.717) is 0 Å². The molecule has 0 amide bonds. The molecule has 16 heavy (non-hydrogen) atoms. The fraction of sp³-hybridized carbons (Fsp3) is 0.250. The highest BCUT2D eigenvalue weighted by Crippen LogP contribution is 2.23. The molecule has 0 bridgehead atoms. The Kier molecular flexibility index (Phi) is 3.41. The van der Waals surface area contributed by atoms with Gasteiger partial charge in [-0.1, -0.05) is 12.1 Å². The van der Waals surface area contributed by atoms with E-state index < -0.39 is 0 Å². The quantitative estimate of drug-likeness (QED) is 0.882. The van der Waals surface area contributed by atoms with E-state index in [1.54, 1.807) is 18.4 Å². The number of methoxy groups -OCH3 is 1. The summed E-state index contributed by atoms with van der Waals surface area (Å²) >= 11 is 1.67. The third-order valence-corrected chi connectivity index (χ3v) is 3.17. The first-order chi connectivity index (χ1) is 7.79. The highest BCUT2D eigenvalue weighted by molar-refractivity contribution is 7.09. The lowest BCUT2D eigenvalue weighted by molar-refractivity contribution is 0.416. The molecule has 0 unspecified atom stereocenters. The van der Waals surface area contributed by atoms with Gasteiger partial charge in [0.05, 0.1) is 19.3 Å². The zero-order chi connectivity index (χ0) is 11.4. The van der Waals surface area contributed by atoms with E-state index in [2.05, 4.69) is 15.7 Å². The van der Waals surface area contributed by atoms with E-state index >= 15 is 0 Å². The smallest absolute Gasteiger partial charge is 0.141 e. The highest BCUT2D eigenvalue weighted by Gasteiger charge is 2.02. The third kappa shape index (κ3) is 2.52. The summed E-state index contributed by atoms with van der Waals surface area (Å²) in [6, 6.07) is 7.88. The Morgan fingerprint density at radius 3 is 2.88 bits per heavy atom. The monoisotopic (exact) mass is 234 g/mol. The van der Waals surface area contributed by atoms with Gasteiger partial charge in [0.2, 0.25) is 0 Å². The van der Waals surface area contributed by atoms with Crippen LogP contribution < -0.4 is 10.1 Å². The summed E-state index contributed by atoms with van der Waals surface area (Å²) in [7, 11) is 1.67. The molecule has 1 aromatic carbocycles. The number of benzene rings is 1. The molecular formula is C12H14N2OS. The minimum atomic E-state index is 0.735. The summed E-state index contributed by atoms with van der Waals surface area (Å²) in [4.78, 5) is 4.40. The number of thiazole rings is 1. The van der Waals surface area contributed by atoms with Crippen LogP contribution in [0.4, 0.5) is 5.69 Å². The van der Waals surface area contributed by atoms with E-state index in [1.165, 1.54) is 0 Å². The molecule has 1 N–H and O–H groups in total. The maximum Gasteiger partial charge on any atom is 0.141 e. The van der Waals surface area contributed by atoms with Crippen LogP contribution in [0.1, 0.15) is 10.7 Å². The summed E-state index contributed by atoms with van der Waals surface area (Å²) in [6.45, 7) is 2.74. The molecule has 0 radical (unpaired) electrons. The van der Waals surface area contributed by atoms with Gasteiger partial charge >= 0.3 is 0 Å². The van der Waals surface area contributed by atoms with E-state index in [4.69, 9.17) is 4.74 Å². The standard InChI is InChI=1S/C12H14N2OS/c1-9-8-16-12(14-9)7-13-10-5-3-4-6-11(10)15-2/h3-6,8,13H,7H2,1-2H3. The van der Waals surface area contributed by atoms with Crippen LogP contribution in [-0.4, -0.2) is 12.1 Å². The molecule has 1 heterocycles. The highest BCUT2D eigenvalue weighted by atomic mass is 32.1. The normalized spacial score (nSPS) is 10.1. The van der Waals surface area contributed by atoms with E-state index in [0.717, 1.165) is 28.7 Å². The maximum absolute atomic E-state index is 5.26. The lowest BCUT2D eigenvalue weighted by Crippen LogP contribution is -2.00. The molecule has 84 valence electrons. The van der Waals surface area contributed by atoms with Gasteiger partial charge in [0, 0.05) is 11.1 Å². The van der Waals surface area contributed by atoms with Crippen molar-refractivity contribution in [1.82, 2.24) is 4.98 Å². The fourth-order valence-corrected chi connectivity index (χ4v) is 2.16. The average Bonchev–Trinajstić information content (AvgIpc) is 2.73. The first kappa shape index (κ1) is 11.0. The molecule has 0 aliphatic rings. The van der Waals surface area contributed by atoms with Crippen LogP contribution in [0.25, 0.3) is 0 Å². The second-order valence-electron chi connectivity index (χ2n) is 3.44. The molecule has 4 heteroatoms. The van der Waals surface area contributed by atoms with Crippen molar-refractivity contribution in [3.8, 4) is 5.75 Å². The zero-order valence-corrected chi connectivity index (χ0v) is 10.2. The second kappa shape index (κ2) is 4.99. The van der Waals surface area contributed by atoms with Crippen LogP contribution in [0.5, 0.6) is 5.75 Å². The Morgan fingerprint density at radius 1 is 1.38 bits per heavy atom. The van der Waals surface area contributed by atoms with Gasteiger partial charge in [-0.25, -0.2) is 4.98 Å². The molecule has 0 saturated carbocycles. The Hall–Kier alpha value is -1.55. The van der Waals surface area contributed by atoms with Gasteiger partial charge in [0.25, 0.3) is 0 Å². The van der Waals surface area contributed by atoms with E-state index in [9.17, 15) is 0 Å². The van der Waals surface area contributed by atoms with Gasteiger partial charge in [-0.05, 0) is 19.1 Å². The fourth-order valence-electron chi connectivity index (χ4n) is 1.45. The topological polar surface area (TPSA) is 34.1 Å². The Morgan fingerprint density at radius 2 is 2.19 bits per heavy atom. The van der Waals surface area contributed by atoms with Crippen molar-refractivity contribution in [2.24, 2.45) is 0 Å². The number of aryl methyl sites for hydroxylation is 1. The summed E-state index contributed by atoms with van der Waals surface area (Å²) in [5.41, 5.74) is 2.07. The van der Waals surface area contributed by atoms with Crippen molar-refractivity contribution in [3.05, 3.63) is 40.3 Å². The van der Waals surface area contributed by atoms with Crippen LogP contribution in [-0.2, 0) is 6.54 Å². The van der Waals surface area contributed by atoms with Crippen molar-refractivity contribution in [2.45, 2.75) is 13.5 Å². The van der Waals surface area contributed by atoms with Crippen molar-refractivity contribution >= 4 is 17.0 Å². The van der Waals surface area contributed by atoms with Crippen molar-refractivity contribution in [3.63, 3.8) is 0 Å². The number of hydrogen-bond acceptors (Lipinski definition) is 4. The van der Waals surface area contributed by atoms with Gasteiger partial charge in [0.15, 0.2) is 0 Å². The molecule has 0 atom stereocenters. The first-order valence-electron chi connectivity index (χ1n) is 5.07. The van der Waals surface area contributed by atoms with Gasteiger partial charge in [0.1, 0.15) is 10.8 Å². The number of ether oxygens (including phenoxy) is 1. The molecule has 0 saturated heterocycles. The second-order valence-corrected chi connectivity index (χ2v) is 4.38. The number of nitrogens with zero attached hydrogens (tertiary/aromatic N) is 1. The Labute approximate surface area is 99.1 Å². The number of nitrogens with one attached hydrogen (secondary N) is 1. The number of hydrogen-bond donors (Lipinski definition) is 1. The largest absolute Gasteiger partial charge is 0.495 e. The summed E-state index contributed by atoms with van der Waals surface area (Å²) in [6.07, 6.45) is 0. The Balaban J connectivity index is 2.04. The summed E-state index contributed by atoms with van der Waals surface area (Å²) in [5.74, 6) is 0.857. The molecule has 0 aliphatic heterocycles. The van der Waals surface area contributed by atoms with Gasteiger partial charge in [-0.3, -0.25) is 0 Å². The molecule has 2 rings (SSSR count). The number of rotatable bonds is 4. The van der Waals surface area contributed by atoms with Crippen LogP contribution >= 0.6 is 11.3 Å². The Bertz CT molecular complexity index is 468. The van der Waals surface area contributed by atoms with Crippen LogP contribution in [0.15, 0.2) is 29.6 Å². The molecule has 0 spiro atoms. The maximum atomic E-state index is 5.26. The summed E-state index contributed by atoms with van der Waals surface area (Å²) < 4.78 is 5.26. The number of aromatic nitrogens is 1. The molecule has 1 aromatic heterocycles. The molecule has 3 nitrogen and oxygen atoms in total. The van der Waals surface area contributed by atoms with E-state index in [1.807, 2.05) is 31.2 Å². The zero-order valence-electron chi connectivity index (χ0n) is 9.36. The predicted octanol–water partition coefficient (Wildman–Crippen LogP) is 3.07. The van der Waals surface area contributed by atoms with Crippen LogP contribution in [0.2, 0.25) is 0 Å². The van der Waals surface area contributed by atoms with Crippen molar-refractivity contribution in [2.75, 3.05) is 12.4 Å². The minimum absolute atomic E-state index is 0.735. The van der Waals surface area contributed by atoms with E-state index in [-0.39, 0.29) is 0 Å². The van der Waals surface area contributed by atoms with Gasteiger partial charge in [-0.15, -0.1) is 11.3 Å². The number of para-hydroxylation sites is 2. The van der Waals surface area contributed by atoms with Gasteiger partial charge in [-0.2, -0.15) is 0 Å². The van der Waals surface area contributed by atoms with Crippen LogP contribution in [0, 0.1) is 6.92 Å². The minimum Gasteiger partial charge on any atom is -0.495 e. The van der Waals surface area contributed by atoms with Crippen molar-refractivity contribution < 1.29 is 4.74 Å². The molecule has 2 aromatic rings. The van der Waals surface area contributed by atoms with Crippen LogP contribution in [0.3, 0.4) is 0 Å². The lowest BCUT2D eigenvalue weighted by Gasteiger charge is -2.09. The molecule has 0 fully saturated rings. The summed E-state index contributed by atoms with van der Waals surface area (Å²) in [5, 5.41) is 6.46. The van der Waals surface area contributed by atoms with Gasteiger partial charge < -0.3 is 10.1 Å². The molecular weight excluding hydrogens is 220 g/mol. The lowest BCUT2D eigenvalue weighted by atomic mass is 10.3. The first-order valence-corrected chi connectivity index (χ1v) is 5.95. The average molecular weight is 234 g/mol.